The Morgan fingerprint density at radius 1 is 1.28 bits per heavy atom. The summed E-state index contributed by atoms with van der Waals surface area (Å²) >= 11 is 1.64. The summed E-state index contributed by atoms with van der Waals surface area (Å²) < 4.78 is 15.9. The van der Waals surface area contributed by atoms with Crippen molar-refractivity contribution in [2.45, 2.75) is 42.9 Å². The summed E-state index contributed by atoms with van der Waals surface area (Å²) in [7, 11) is 3.08. The number of hydrogen-bond donors (Lipinski definition) is 1. The van der Waals surface area contributed by atoms with Crippen LogP contribution in [0.15, 0.2) is 12.1 Å². The van der Waals surface area contributed by atoms with Crippen molar-refractivity contribution in [2.75, 3.05) is 34.0 Å². The molecule has 3 aliphatic rings. The minimum atomic E-state index is -0.548. The third kappa shape index (κ3) is 3.36. The van der Waals surface area contributed by atoms with Gasteiger partial charge in [-0.2, -0.15) is 0 Å². The van der Waals surface area contributed by atoms with Crippen LogP contribution in [0.4, 0.5) is 0 Å². The molecule has 0 bridgehead atoms. The van der Waals surface area contributed by atoms with E-state index in [2.05, 4.69) is 5.32 Å². The molecule has 2 fully saturated rings. The van der Waals surface area contributed by atoms with Crippen LogP contribution < -0.4 is 14.8 Å². The van der Waals surface area contributed by atoms with Crippen molar-refractivity contribution in [1.82, 2.24) is 10.2 Å². The van der Waals surface area contributed by atoms with Gasteiger partial charge >= 0.3 is 0 Å². The van der Waals surface area contributed by atoms with Gasteiger partial charge in [0.1, 0.15) is 11.4 Å². The van der Waals surface area contributed by atoms with Gasteiger partial charge in [-0.3, -0.25) is 9.59 Å². The Bertz CT molecular complexity index is 822. The summed E-state index contributed by atoms with van der Waals surface area (Å²) in [5, 5.41) is 2.90. The summed E-state index contributed by atoms with van der Waals surface area (Å²) in [6.07, 6.45) is 1.91. The Morgan fingerprint density at radius 2 is 2.00 bits per heavy atom. The fraction of sp³-hybridized carbons (Fsp3) is 0.619. The molecule has 2 saturated heterocycles. The van der Waals surface area contributed by atoms with Crippen LogP contribution in [0.2, 0.25) is 0 Å². The Kier molecular flexibility index (Phi) is 5.42. The van der Waals surface area contributed by atoms with Crippen LogP contribution in [0.5, 0.6) is 11.5 Å². The molecule has 2 amide bonds. The summed E-state index contributed by atoms with van der Waals surface area (Å²) in [6.45, 7) is 6.17. The molecule has 0 aromatic heterocycles. The summed E-state index contributed by atoms with van der Waals surface area (Å²) in [6, 6.07) is 3.18. The molecule has 1 aromatic carbocycles. The van der Waals surface area contributed by atoms with Gasteiger partial charge in [0, 0.05) is 30.1 Å². The highest BCUT2D eigenvalue weighted by atomic mass is 32.2. The number of fused-ring (bicyclic) bond motifs is 3. The van der Waals surface area contributed by atoms with Crippen molar-refractivity contribution in [2.24, 2.45) is 5.92 Å². The first kappa shape index (κ1) is 20.3. The monoisotopic (exact) mass is 420 g/mol. The Hall–Kier alpha value is -1.93. The quantitative estimate of drug-likeness (QED) is 0.789. The molecule has 3 aliphatic heterocycles. The zero-order valence-electron chi connectivity index (χ0n) is 17.3. The van der Waals surface area contributed by atoms with Gasteiger partial charge in [0.15, 0.2) is 11.5 Å². The van der Waals surface area contributed by atoms with E-state index in [1.165, 1.54) is 7.11 Å². The lowest BCUT2D eigenvalue weighted by Crippen LogP contribution is -2.53. The predicted octanol–water partition coefficient (Wildman–Crippen LogP) is 2.60. The van der Waals surface area contributed by atoms with Crippen LogP contribution in [0.1, 0.15) is 48.0 Å². The largest absolute Gasteiger partial charge is 0.493 e. The second-order valence-corrected chi connectivity index (χ2v) is 9.99. The van der Waals surface area contributed by atoms with Gasteiger partial charge in [-0.05, 0) is 38.7 Å². The number of carbonyl (C=O) groups excluding carboxylic acids is 2. The number of carbonyl (C=O) groups is 2. The Morgan fingerprint density at radius 3 is 2.66 bits per heavy atom. The van der Waals surface area contributed by atoms with E-state index in [0.29, 0.717) is 29.5 Å². The minimum Gasteiger partial charge on any atom is -0.493 e. The van der Waals surface area contributed by atoms with Gasteiger partial charge in [-0.15, -0.1) is 11.8 Å². The van der Waals surface area contributed by atoms with Gasteiger partial charge in [0.2, 0.25) is 5.91 Å². The highest BCUT2D eigenvalue weighted by molar-refractivity contribution is 8.01. The number of amides is 2. The molecule has 0 unspecified atom stereocenters. The highest BCUT2D eigenvalue weighted by Crippen LogP contribution is 2.58. The first-order valence-electron chi connectivity index (χ1n) is 10.00. The van der Waals surface area contributed by atoms with Gasteiger partial charge in [0.05, 0.1) is 19.8 Å². The number of hydrogen-bond acceptors (Lipinski definition) is 6. The van der Waals surface area contributed by atoms with E-state index in [1.54, 1.807) is 23.8 Å². The van der Waals surface area contributed by atoms with Crippen molar-refractivity contribution >= 4 is 23.6 Å². The average molecular weight is 421 g/mol. The molecule has 7 nitrogen and oxygen atoms in total. The Balaban J connectivity index is 1.60. The van der Waals surface area contributed by atoms with Gasteiger partial charge in [0.25, 0.3) is 5.91 Å². The predicted molar refractivity (Wildman–Crippen MR) is 110 cm³/mol. The van der Waals surface area contributed by atoms with Gasteiger partial charge < -0.3 is 24.4 Å². The average Bonchev–Trinajstić information content (AvgIpc) is 3.15. The molecule has 2 atom stereocenters. The highest BCUT2D eigenvalue weighted by Gasteiger charge is 2.58. The fourth-order valence-electron chi connectivity index (χ4n) is 4.55. The first-order chi connectivity index (χ1) is 13.9. The lowest BCUT2D eigenvalue weighted by molar-refractivity contribution is -0.126. The Labute approximate surface area is 175 Å². The number of ether oxygens (including phenoxy) is 3. The standard InChI is InChI=1S/C21H28N2O5S/c1-21(2)17(18(24)22-11-12-7-9-28-10-8-12)23-19(25)15-13(20(23)29-21)5-6-14(26-3)16(15)27-4/h5-6,12,17,20H,7-11H2,1-4H3,(H,22,24)/t17-,20+/m0/s1. The van der Waals surface area contributed by atoms with Gasteiger partial charge in [-0.1, -0.05) is 6.07 Å². The zero-order chi connectivity index (χ0) is 20.8. The smallest absolute Gasteiger partial charge is 0.260 e. The van der Waals surface area contributed by atoms with Crippen LogP contribution in [0, 0.1) is 5.92 Å². The first-order valence-corrected chi connectivity index (χ1v) is 10.9. The number of thioether (sulfide) groups is 1. The number of nitrogens with zero attached hydrogens (tertiary/aromatic N) is 1. The van der Waals surface area contributed by atoms with Crippen LogP contribution in [0.3, 0.4) is 0 Å². The number of nitrogens with one attached hydrogen (secondary N) is 1. The molecular formula is C21H28N2O5S. The maximum Gasteiger partial charge on any atom is 0.260 e. The van der Waals surface area contributed by atoms with E-state index in [9.17, 15) is 9.59 Å². The maximum absolute atomic E-state index is 13.4. The van der Waals surface area contributed by atoms with E-state index in [0.717, 1.165) is 31.6 Å². The van der Waals surface area contributed by atoms with Crippen molar-refractivity contribution in [1.29, 1.82) is 0 Å². The number of benzene rings is 1. The van der Waals surface area contributed by atoms with E-state index >= 15 is 0 Å². The third-order valence-electron chi connectivity index (χ3n) is 6.05. The lowest BCUT2D eigenvalue weighted by atomic mass is 9.98. The third-order valence-corrected chi connectivity index (χ3v) is 7.59. The van der Waals surface area contributed by atoms with Crippen molar-refractivity contribution in [3.8, 4) is 11.5 Å². The van der Waals surface area contributed by atoms with Crippen LogP contribution in [0.25, 0.3) is 0 Å². The molecule has 29 heavy (non-hydrogen) atoms. The number of rotatable bonds is 5. The zero-order valence-corrected chi connectivity index (χ0v) is 18.1. The molecule has 0 spiro atoms. The maximum atomic E-state index is 13.4. The van der Waals surface area contributed by atoms with Crippen LogP contribution >= 0.6 is 11.8 Å². The molecular weight excluding hydrogens is 392 g/mol. The van der Waals surface area contributed by atoms with Crippen molar-refractivity contribution < 1.29 is 23.8 Å². The second-order valence-electron chi connectivity index (χ2n) is 8.25. The molecule has 158 valence electrons. The van der Waals surface area contributed by atoms with Crippen molar-refractivity contribution in [3.63, 3.8) is 0 Å². The minimum absolute atomic E-state index is 0.0939. The van der Waals surface area contributed by atoms with Crippen LogP contribution in [-0.2, 0) is 9.53 Å². The van der Waals surface area contributed by atoms with Gasteiger partial charge in [-0.25, -0.2) is 0 Å². The van der Waals surface area contributed by atoms with Crippen LogP contribution in [-0.4, -0.2) is 61.5 Å². The van der Waals surface area contributed by atoms with E-state index < -0.39 is 10.8 Å². The molecule has 8 heteroatoms. The number of methoxy groups -OCH3 is 2. The topological polar surface area (TPSA) is 77.1 Å². The normalized spacial score (nSPS) is 25.5. The fourth-order valence-corrected chi connectivity index (χ4v) is 6.13. The van der Waals surface area contributed by atoms with E-state index in [4.69, 9.17) is 14.2 Å². The molecule has 0 saturated carbocycles. The molecule has 3 heterocycles. The second kappa shape index (κ2) is 7.72. The van der Waals surface area contributed by atoms with Crippen molar-refractivity contribution in [3.05, 3.63) is 23.3 Å². The summed E-state index contributed by atoms with van der Waals surface area (Å²) in [5.74, 6) is 1.11. The molecule has 1 aromatic rings. The lowest BCUT2D eigenvalue weighted by Gasteiger charge is -2.30. The molecule has 0 aliphatic carbocycles. The SMILES string of the molecule is COc1ccc2c(c1OC)C(=O)N1[C@@H]2SC(C)(C)[C@@H]1C(=O)NCC1CCOCC1. The molecule has 1 N–H and O–H groups in total. The molecule has 0 radical (unpaired) electrons. The molecule has 4 rings (SSSR count). The summed E-state index contributed by atoms with van der Waals surface area (Å²) in [5.41, 5.74) is 1.38. The van der Waals surface area contributed by atoms with E-state index in [1.807, 2.05) is 26.0 Å². The summed E-state index contributed by atoms with van der Waals surface area (Å²) in [4.78, 5) is 28.3. The van der Waals surface area contributed by atoms with E-state index in [-0.39, 0.29) is 17.2 Å².